The molecule has 2 aromatic carbocycles. The molecule has 0 aromatic heterocycles. The molecule has 2 aliphatic heterocycles. The fourth-order valence-corrected chi connectivity index (χ4v) is 3.67. The van der Waals surface area contributed by atoms with Gasteiger partial charge in [0, 0.05) is 6.61 Å². The van der Waals surface area contributed by atoms with Gasteiger partial charge in [-0.1, -0.05) is 60.7 Å². The molecule has 2 saturated heterocycles. The standard InChI is InChI=1S/C19H21NO3/c21-12-11-19-13-22-17(15-7-3-1-4-8-15)20(19)18(23-14-19)16-9-5-2-6-10-16/h1-10,17-18,21H,11-14H2. The van der Waals surface area contributed by atoms with E-state index in [4.69, 9.17) is 9.47 Å². The summed E-state index contributed by atoms with van der Waals surface area (Å²) in [6, 6.07) is 20.5. The number of hydrogen-bond acceptors (Lipinski definition) is 4. The third-order valence-corrected chi connectivity index (χ3v) is 4.82. The zero-order valence-corrected chi connectivity index (χ0v) is 13.0. The Balaban J connectivity index is 1.73. The Kier molecular flexibility index (Phi) is 3.91. The van der Waals surface area contributed by atoms with Crippen molar-refractivity contribution in [1.82, 2.24) is 4.90 Å². The van der Waals surface area contributed by atoms with Crippen LogP contribution in [-0.2, 0) is 9.47 Å². The van der Waals surface area contributed by atoms with Gasteiger partial charge in [-0.3, -0.25) is 0 Å². The van der Waals surface area contributed by atoms with E-state index in [1.165, 1.54) is 0 Å². The number of rotatable bonds is 4. The van der Waals surface area contributed by atoms with E-state index in [0.29, 0.717) is 19.6 Å². The summed E-state index contributed by atoms with van der Waals surface area (Å²) < 4.78 is 12.3. The molecular formula is C19H21NO3. The van der Waals surface area contributed by atoms with Crippen LogP contribution in [0.1, 0.15) is 30.0 Å². The van der Waals surface area contributed by atoms with E-state index in [-0.39, 0.29) is 24.6 Å². The van der Waals surface area contributed by atoms with Crippen LogP contribution in [0.15, 0.2) is 60.7 Å². The third-order valence-electron chi connectivity index (χ3n) is 4.82. The summed E-state index contributed by atoms with van der Waals surface area (Å²) >= 11 is 0. The van der Waals surface area contributed by atoms with Gasteiger partial charge in [-0.2, -0.15) is 0 Å². The smallest absolute Gasteiger partial charge is 0.139 e. The van der Waals surface area contributed by atoms with Crippen LogP contribution in [-0.4, -0.2) is 35.4 Å². The Morgan fingerprint density at radius 2 is 1.35 bits per heavy atom. The highest BCUT2D eigenvalue weighted by molar-refractivity contribution is 5.25. The molecule has 1 N–H and O–H groups in total. The quantitative estimate of drug-likeness (QED) is 0.943. The largest absolute Gasteiger partial charge is 0.396 e. The van der Waals surface area contributed by atoms with Crippen molar-refractivity contribution in [2.75, 3.05) is 19.8 Å². The molecule has 0 amide bonds. The molecule has 0 radical (unpaired) electrons. The molecule has 2 fully saturated rings. The van der Waals surface area contributed by atoms with Crippen LogP contribution in [0.5, 0.6) is 0 Å². The van der Waals surface area contributed by atoms with Gasteiger partial charge in [-0.15, -0.1) is 0 Å². The summed E-state index contributed by atoms with van der Waals surface area (Å²) in [5, 5.41) is 9.54. The van der Waals surface area contributed by atoms with Crippen molar-refractivity contribution >= 4 is 0 Å². The van der Waals surface area contributed by atoms with E-state index in [0.717, 1.165) is 11.1 Å². The zero-order chi connectivity index (χ0) is 15.7. The molecule has 4 rings (SSSR count). The second kappa shape index (κ2) is 6.06. The van der Waals surface area contributed by atoms with Crippen molar-refractivity contribution in [1.29, 1.82) is 0 Å². The molecule has 2 unspecified atom stereocenters. The highest BCUT2D eigenvalue weighted by Crippen LogP contribution is 2.50. The van der Waals surface area contributed by atoms with E-state index in [2.05, 4.69) is 29.2 Å². The first kappa shape index (κ1) is 14.8. The van der Waals surface area contributed by atoms with Crippen molar-refractivity contribution in [3.05, 3.63) is 71.8 Å². The second-order valence-electron chi connectivity index (χ2n) is 6.25. The maximum atomic E-state index is 9.54. The molecular weight excluding hydrogens is 290 g/mol. The summed E-state index contributed by atoms with van der Waals surface area (Å²) in [5.41, 5.74) is 1.99. The molecule has 4 nitrogen and oxygen atoms in total. The summed E-state index contributed by atoms with van der Waals surface area (Å²) in [5.74, 6) is 0. The predicted octanol–water partition coefficient (Wildman–Crippen LogP) is 2.87. The average molecular weight is 311 g/mol. The molecule has 0 spiro atoms. The Morgan fingerprint density at radius 1 is 0.870 bits per heavy atom. The molecule has 4 heteroatoms. The lowest BCUT2D eigenvalue weighted by Gasteiger charge is -2.33. The van der Waals surface area contributed by atoms with Crippen LogP contribution < -0.4 is 0 Å². The van der Waals surface area contributed by atoms with Gasteiger partial charge in [0.15, 0.2) is 0 Å². The van der Waals surface area contributed by atoms with Gasteiger partial charge in [-0.05, 0) is 17.5 Å². The maximum Gasteiger partial charge on any atom is 0.139 e. The number of aliphatic hydroxyl groups is 1. The lowest BCUT2D eigenvalue weighted by atomic mass is 9.96. The fraction of sp³-hybridized carbons (Fsp3) is 0.368. The van der Waals surface area contributed by atoms with Crippen LogP contribution in [0.4, 0.5) is 0 Å². The van der Waals surface area contributed by atoms with Crippen molar-refractivity contribution < 1.29 is 14.6 Å². The van der Waals surface area contributed by atoms with Gasteiger partial charge in [0.05, 0.1) is 18.8 Å². The van der Waals surface area contributed by atoms with Gasteiger partial charge in [-0.25, -0.2) is 4.90 Å². The van der Waals surface area contributed by atoms with Gasteiger partial charge in [0.25, 0.3) is 0 Å². The molecule has 23 heavy (non-hydrogen) atoms. The topological polar surface area (TPSA) is 41.9 Å². The fourth-order valence-electron chi connectivity index (χ4n) is 3.67. The van der Waals surface area contributed by atoms with Crippen LogP contribution in [0.25, 0.3) is 0 Å². The molecule has 2 atom stereocenters. The van der Waals surface area contributed by atoms with Crippen molar-refractivity contribution in [2.24, 2.45) is 0 Å². The highest BCUT2D eigenvalue weighted by Gasteiger charge is 2.56. The SMILES string of the molecule is OCCC12COC(c3ccccc3)N1C(c1ccccc1)OC2. The first-order valence-corrected chi connectivity index (χ1v) is 8.06. The van der Waals surface area contributed by atoms with Crippen molar-refractivity contribution in [3.8, 4) is 0 Å². The summed E-state index contributed by atoms with van der Waals surface area (Å²) in [6.07, 6.45) is 0.366. The number of nitrogens with zero attached hydrogens (tertiary/aromatic N) is 1. The summed E-state index contributed by atoms with van der Waals surface area (Å²) in [7, 11) is 0. The van der Waals surface area contributed by atoms with E-state index >= 15 is 0 Å². The van der Waals surface area contributed by atoms with Gasteiger partial charge < -0.3 is 14.6 Å². The number of ether oxygens (including phenoxy) is 2. The van der Waals surface area contributed by atoms with Gasteiger partial charge in [0.1, 0.15) is 12.5 Å². The Morgan fingerprint density at radius 3 is 1.78 bits per heavy atom. The first-order chi connectivity index (χ1) is 11.3. The molecule has 2 aromatic rings. The first-order valence-electron chi connectivity index (χ1n) is 8.06. The molecule has 0 saturated carbocycles. The minimum absolute atomic E-state index is 0.131. The molecule has 2 heterocycles. The predicted molar refractivity (Wildman–Crippen MR) is 86.5 cm³/mol. The third kappa shape index (κ3) is 2.48. The molecule has 2 aliphatic rings. The van der Waals surface area contributed by atoms with Gasteiger partial charge >= 0.3 is 0 Å². The maximum absolute atomic E-state index is 9.54. The number of fused-ring (bicyclic) bond motifs is 1. The lowest BCUT2D eigenvalue weighted by molar-refractivity contribution is -0.0623. The zero-order valence-electron chi connectivity index (χ0n) is 13.0. The van der Waals surface area contributed by atoms with Crippen molar-refractivity contribution in [2.45, 2.75) is 24.4 Å². The Bertz CT molecular complexity index is 595. The van der Waals surface area contributed by atoms with E-state index < -0.39 is 0 Å². The van der Waals surface area contributed by atoms with Crippen molar-refractivity contribution in [3.63, 3.8) is 0 Å². The molecule has 120 valence electrons. The summed E-state index contributed by atoms with van der Waals surface area (Å²) in [4.78, 5) is 2.30. The summed E-state index contributed by atoms with van der Waals surface area (Å²) in [6.45, 7) is 1.29. The lowest BCUT2D eigenvalue weighted by Crippen LogP contribution is -2.45. The highest BCUT2D eigenvalue weighted by atomic mass is 16.6. The number of hydrogen-bond donors (Lipinski definition) is 1. The van der Waals surface area contributed by atoms with Crippen LogP contribution >= 0.6 is 0 Å². The van der Waals surface area contributed by atoms with E-state index in [1.807, 2.05) is 36.4 Å². The Hall–Kier alpha value is -1.72. The van der Waals surface area contributed by atoms with E-state index in [9.17, 15) is 5.11 Å². The second-order valence-corrected chi connectivity index (χ2v) is 6.25. The molecule has 0 aliphatic carbocycles. The van der Waals surface area contributed by atoms with Crippen LogP contribution in [0.2, 0.25) is 0 Å². The number of aliphatic hydroxyl groups excluding tert-OH is 1. The van der Waals surface area contributed by atoms with Gasteiger partial charge in [0.2, 0.25) is 0 Å². The van der Waals surface area contributed by atoms with Crippen LogP contribution in [0, 0.1) is 0 Å². The number of benzene rings is 2. The Labute approximate surface area is 136 Å². The monoisotopic (exact) mass is 311 g/mol. The normalized spacial score (nSPS) is 30.5. The van der Waals surface area contributed by atoms with Crippen LogP contribution in [0.3, 0.4) is 0 Å². The molecule has 0 bridgehead atoms. The average Bonchev–Trinajstić information content (AvgIpc) is 3.14. The van der Waals surface area contributed by atoms with E-state index in [1.54, 1.807) is 0 Å². The minimum Gasteiger partial charge on any atom is -0.396 e. The minimum atomic E-state index is -0.254.